The van der Waals surface area contributed by atoms with Crippen LogP contribution in [-0.2, 0) is 4.79 Å². The molecular formula is C17H15NO. The lowest BCUT2D eigenvalue weighted by Gasteiger charge is -2.04. The summed E-state index contributed by atoms with van der Waals surface area (Å²) in [5.74, 6) is 0.0371. The van der Waals surface area contributed by atoms with E-state index in [-0.39, 0.29) is 11.8 Å². The molecule has 1 heterocycles. The molecule has 19 heavy (non-hydrogen) atoms. The molecule has 1 aliphatic rings. The van der Waals surface area contributed by atoms with Crippen LogP contribution in [0, 0.1) is 0 Å². The van der Waals surface area contributed by atoms with Crippen molar-refractivity contribution < 1.29 is 4.79 Å². The van der Waals surface area contributed by atoms with Crippen molar-refractivity contribution in [2.75, 3.05) is 5.32 Å². The second kappa shape index (κ2) is 5.11. The second-order valence-corrected chi connectivity index (χ2v) is 4.68. The number of rotatable bonds is 3. The summed E-state index contributed by atoms with van der Waals surface area (Å²) in [6.45, 7) is 0. The molecule has 2 aromatic carbocycles. The maximum Gasteiger partial charge on any atom is 0.232 e. The van der Waals surface area contributed by atoms with Gasteiger partial charge in [0.25, 0.3) is 0 Å². The molecule has 0 saturated heterocycles. The number of hydrogen-bond acceptors (Lipinski definition) is 1. The van der Waals surface area contributed by atoms with Crippen molar-refractivity contribution in [3.63, 3.8) is 0 Å². The summed E-state index contributed by atoms with van der Waals surface area (Å²) in [6, 6.07) is 18.0. The summed E-state index contributed by atoms with van der Waals surface area (Å²) in [5, 5.41) is 2.92. The normalized spacial score (nSPS) is 17.5. The predicted molar refractivity (Wildman–Crippen MR) is 77.9 cm³/mol. The lowest BCUT2D eigenvalue weighted by molar-refractivity contribution is -0.116. The predicted octanol–water partition coefficient (Wildman–Crippen LogP) is 3.83. The summed E-state index contributed by atoms with van der Waals surface area (Å²) in [6.07, 6.45) is 4.87. The molecule has 2 nitrogen and oxygen atoms in total. The van der Waals surface area contributed by atoms with Gasteiger partial charge in [-0.1, -0.05) is 60.7 Å². The first-order chi connectivity index (χ1) is 9.34. The minimum Gasteiger partial charge on any atom is -0.325 e. The molecule has 0 saturated carbocycles. The van der Waals surface area contributed by atoms with E-state index in [9.17, 15) is 4.79 Å². The zero-order valence-electron chi connectivity index (χ0n) is 10.5. The number of para-hydroxylation sites is 1. The van der Waals surface area contributed by atoms with E-state index in [1.165, 1.54) is 0 Å². The van der Waals surface area contributed by atoms with Gasteiger partial charge in [0.1, 0.15) is 0 Å². The van der Waals surface area contributed by atoms with Gasteiger partial charge in [0, 0.05) is 5.69 Å². The molecule has 0 spiro atoms. The fourth-order valence-electron chi connectivity index (χ4n) is 2.41. The van der Waals surface area contributed by atoms with E-state index in [0.29, 0.717) is 0 Å². The van der Waals surface area contributed by atoms with Crippen LogP contribution >= 0.6 is 0 Å². The monoisotopic (exact) mass is 249 g/mol. The Bertz CT molecular complexity index is 616. The number of amides is 1. The van der Waals surface area contributed by atoms with E-state index in [1.54, 1.807) is 0 Å². The van der Waals surface area contributed by atoms with E-state index in [2.05, 4.69) is 29.6 Å². The van der Waals surface area contributed by atoms with Crippen molar-refractivity contribution in [3.8, 4) is 0 Å². The zero-order valence-corrected chi connectivity index (χ0v) is 10.5. The van der Waals surface area contributed by atoms with Crippen molar-refractivity contribution in [1.29, 1.82) is 0 Å². The topological polar surface area (TPSA) is 29.1 Å². The molecule has 0 aliphatic carbocycles. The maximum absolute atomic E-state index is 11.9. The highest BCUT2D eigenvalue weighted by molar-refractivity contribution is 6.02. The van der Waals surface area contributed by atoms with Gasteiger partial charge in [-0.25, -0.2) is 0 Å². The van der Waals surface area contributed by atoms with Crippen LogP contribution in [0.4, 0.5) is 5.69 Å². The van der Waals surface area contributed by atoms with E-state index >= 15 is 0 Å². The minimum absolute atomic E-state index is 0.0591. The second-order valence-electron chi connectivity index (χ2n) is 4.68. The van der Waals surface area contributed by atoms with E-state index < -0.39 is 0 Å². The molecule has 3 rings (SSSR count). The number of anilines is 1. The van der Waals surface area contributed by atoms with Crippen LogP contribution in [0.25, 0.3) is 6.08 Å². The number of carbonyl (C=O) groups excluding carboxylic acids is 1. The lowest BCUT2D eigenvalue weighted by Crippen LogP contribution is -2.11. The number of benzene rings is 2. The van der Waals surface area contributed by atoms with Crippen molar-refractivity contribution in [1.82, 2.24) is 0 Å². The SMILES string of the molecule is O=C1Nc2ccccc2C1C/C=C/c1ccccc1. The van der Waals surface area contributed by atoms with Crippen LogP contribution in [0.3, 0.4) is 0 Å². The molecule has 0 aromatic heterocycles. The van der Waals surface area contributed by atoms with Crippen molar-refractivity contribution in [2.45, 2.75) is 12.3 Å². The van der Waals surface area contributed by atoms with Gasteiger partial charge in [0.05, 0.1) is 5.92 Å². The molecular weight excluding hydrogens is 234 g/mol. The summed E-state index contributed by atoms with van der Waals surface area (Å²) < 4.78 is 0. The Morgan fingerprint density at radius 2 is 1.74 bits per heavy atom. The van der Waals surface area contributed by atoms with Gasteiger partial charge in [-0.3, -0.25) is 4.79 Å². The molecule has 1 unspecified atom stereocenters. The lowest BCUT2D eigenvalue weighted by atomic mass is 9.97. The Kier molecular flexibility index (Phi) is 3.15. The van der Waals surface area contributed by atoms with Crippen LogP contribution in [0.15, 0.2) is 60.7 Å². The Morgan fingerprint density at radius 1 is 1.00 bits per heavy atom. The molecule has 2 heteroatoms. The van der Waals surface area contributed by atoms with Crippen molar-refractivity contribution in [2.24, 2.45) is 0 Å². The molecule has 1 N–H and O–H groups in total. The van der Waals surface area contributed by atoms with Gasteiger partial charge in [0.15, 0.2) is 0 Å². The van der Waals surface area contributed by atoms with Gasteiger partial charge < -0.3 is 5.32 Å². The highest BCUT2D eigenvalue weighted by Crippen LogP contribution is 2.34. The van der Waals surface area contributed by atoms with Gasteiger partial charge in [-0.15, -0.1) is 0 Å². The maximum atomic E-state index is 11.9. The van der Waals surface area contributed by atoms with Gasteiger partial charge in [-0.2, -0.15) is 0 Å². The summed E-state index contributed by atoms with van der Waals surface area (Å²) in [7, 11) is 0. The van der Waals surface area contributed by atoms with Gasteiger partial charge in [0.2, 0.25) is 5.91 Å². The third-order valence-corrected chi connectivity index (χ3v) is 3.39. The summed E-state index contributed by atoms with van der Waals surface area (Å²) in [4.78, 5) is 11.9. The Labute approximate surface area is 112 Å². The van der Waals surface area contributed by atoms with Crippen LogP contribution in [0.5, 0.6) is 0 Å². The Balaban J connectivity index is 1.74. The molecule has 0 bridgehead atoms. The Morgan fingerprint density at radius 3 is 2.58 bits per heavy atom. The number of fused-ring (bicyclic) bond motifs is 1. The zero-order chi connectivity index (χ0) is 13.1. The van der Waals surface area contributed by atoms with Gasteiger partial charge >= 0.3 is 0 Å². The first kappa shape index (κ1) is 11.7. The smallest absolute Gasteiger partial charge is 0.232 e. The van der Waals surface area contributed by atoms with E-state index in [4.69, 9.17) is 0 Å². The molecule has 2 aromatic rings. The van der Waals surface area contributed by atoms with Crippen molar-refractivity contribution in [3.05, 3.63) is 71.8 Å². The highest BCUT2D eigenvalue weighted by Gasteiger charge is 2.28. The molecule has 1 amide bonds. The fraction of sp³-hybridized carbons (Fsp3) is 0.118. The number of nitrogens with one attached hydrogen (secondary N) is 1. The van der Waals surface area contributed by atoms with Crippen LogP contribution in [-0.4, -0.2) is 5.91 Å². The fourth-order valence-corrected chi connectivity index (χ4v) is 2.41. The quantitative estimate of drug-likeness (QED) is 0.880. The summed E-state index contributed by atoms with van der Waals surface area (Å²) in [5.41, 5.74) is 3.21. The van der Waals surface area contributed by atoms with Crippen LogP contribution < -0.4 is 5.32 Å². The molecule has 1 atom stereocenters. The largest absolute Gasteiger partial charge is 0.325 e. The number of carbonyl (C=O) groups is 1. The molecule has 1 aliphatic heterocycles. The first-order valence-corrected chi connectivity index (χ1v) is 6.46. The average molecular weight is 249 g/mol. The molecule has 0 radical (unpaired) electrons. The first-order valence-electron chi connectivity index (χ1n) is 6.46. The average Bonchev–Trinajstić information content (AvgIpc) is 2.76. The molecule has 0 fully saturated rings. The summed E-state index contributed by atoms with van der Waals surface area (Å²) >= 11 is 0. The van der Waals surface area contributed by atoms with Crippen LogP contribution in [0.2, 0.25) is 0 Å². The number of hydrogen-bond donors (Lipinski definition) is 1. The van der Waals surface area contributed by atoms with E-state index in [1.807, 2.05) is 42.5 Å². The third kappa shape index (κ3) is 2.43. The van der Waals surface area contributed by atoms with Crippen molar-refractivity contribution >= 4 is 17.7 Å². The van der Waals surface area contributed by atoms with Crippen LogP contribution in [0.1, 0.15) is 23.5 Å². The third-order valence-electron chi connectivity index (χ3n) is 3.39. The molecule has 94 valence electrons. The minimum atomic E-state index is -0.0591. The van der Waals surface area contributed by atoms with E-state index in [0.717, 1.165) is 23.2 Å². The highest BCUT2D eigenvalue weighted by atomic mass is 16.2. The Hall–Kier alpha value is -2.35. The standard InChI is InChI=1S/C17H15NO/c19-17-15(14-10-4-5-12-16(14)18-17)11-6-9-13-7-2-1-3-8-13/h1-10,12,15H,11H2,(H,18,19)/b9-6+. The number of allylic oxidation sites excluding steroid dienone is 1. The van der Waals surface area contributed by atoms with Gasteiger partial charge in [-0.05, 0) is 23.6 Å².